The molecule has 1 amide bonds. The Kier molecular flexibility index (Phi) is 6.30. The SMILES string of the molecule is O=C(Oc1ccc2c(c1)CC[C@@H]1C[C@@](O)(C(F)(F)F)CC[C@@]21Cc1ccccc1)N1CCNCC1. The van der Waals surface area contributed by atoms with Gasteiger partial charge in [-0.3, -0.25) is 0 Å². The first-order valence-electron chi connectivity index (χ1n) is 12.3. The van der Waals surface area contributed by atoms with Crippen molar-refractivity contribution in [1.82, 2.24) is 10.2 Å². The third-order valence-electron chi connectivity index (χ3n) is 8.20. The number of aliphatic hydroxyl groups is 1. The Labute approximate surface area is 203 Å². The van der Waals surface area contributed by atoms with E-state index in [2.05, 4.69) is 5.32 Å². The van der Waals surface area contributed by atoms with E-state index in [4.69, 9.17) is 4.74 Å². The summed E-state index contributed by atoms with van der Waals surface area (Å²) in [6, 6.07) is 15.4. The van der Waals surface area contributed by atoms with Gasteiger partial charge in [0.05, 0.1) is 0 Å². The second kappa shape index (κ2) is 9.13. The predicted molar refractivity (Wildman–Crippen MR) is 125 cm³/mol. The molecule has 0 radical (unpaired) electrons. The van der Waals surface area contributed by atoms with E-state index in [1.165, 1.54) is 0 Å². The van der Waals surface area contributed by atoms with Crippen molar-refractivity contribution < 1.29 is 27.8 Å². The van der Waals surface area contributed by atoms with E-state index in [1.807, 2.05) is 42.5 Å². The summed E-state index contributed by atoms with van der Waals surface area (Å²) >= 11 is 0. The molecule has 3 aliphatic rings. The van der Waals surface area contributed by atoms with Crippen LogP contribution < -0.4 is 10.1 Å². The number of carbonyl (C=O) groups excluding carboxylic acids is 1. The van der Waals surface area contributed by atoms with Crippen LogP contribution in [0.5, 0.6) is 5.75 Å². The van der Waals surface area contributed by atoms with E-state index < -0.39 is 17.2 Å². The van der Waals surface area contributed by atoms with Crippen molar-refractivity contribution in [2.75, 3.05) is 26.2 Å². The van der Waals surface area contributed by atoms with Gasteiger partial charge < -0.3 is 20.1 Å². The highest BCUT2D eigenvalue weighted by Crippen LogP contribution is 2.57. The number of ether oxygens (including phenoxy) is 1. The molecule has 2 aromatic rings. The average molecular weight is 489 g/mol. The zero-order chi connectivity index (χ0) is 24.7. The number of rotatable bonds is 3. The second-order valence-electron chi connectivity index (χ2n) is 10.2. The lowest BCUT2D eigenvalue weighted by Crippen LogP contribution is -2.56. The Morgan fingerprint density at radius 2 is 1.86 bits per heavy atom. The van der Waals surface area contributed by atoms with Gasteiger partial charge in [0, 0.05) is 31.6 Å². The lowest BCUT2D eigenvalue weighted by molar-refractivity contribution is -0.279. The number of hydrogen-bond donors (Lipinski definition) is 2. The fourth-order valence-corrected chi connectivity index (χ4v) is 6.29. The number of halogens is 3. The molecule has 0 spiro atoms. The molecule has 5 rings (SSSR count). The second-order valence-corrected chi connectivity index (χ2v) is 10.2. The molecule has 2 aromatic carbocycles. The monoisotopic (exact) mass is 488 g/mol. The summed E-state index contributed by atoms with van der Waals surface area (Å²) in [6.45, 7) is 2.64. The molecule has 0 aromatic heterocycles. The van der Waals surface area contributed by atoms with Gasteiger partial charge in [0.25, 0.3) is 0 Å². The zero-order valence-corrected chi connectivity index (χ0v) is 19.6. The van der Waals surface area contributed by atoms with Crippen LogP contribution in [-0.4, -0.2) is 54.1 Å². The maximum Gasteiger partial charge on any atom is 0.417 e. The maximum atomic E-state index is 13.8. The van der Waals surface area contributed by atoms with Crippen LogP contribution in [0.15, 0.2) is 48.5 Å². The van der Waals surface area contributed by atoms with E-state index in [-0.39, 0.29) is 31.3 Å². The summed E-state index contributed by atoms with van der Waals surface area (Å²) < 4.78 is 46.9. The van der Waals surface area contributed by atoms with Gasteiger partial charge in [-0.1, -0.05) is 36.4 Å². The number of hydrogen-bond acceptors (Lipinski definition) is 4. The Balaban J connectivity index is 1.46. The summed E-state index contributed by atoms with van der Waals surface area (Å²) in [4.78, 5) is 14.2. The molecule has 2 fully saturated rings. The molecule has 8 heteroatoms. The minimum absolute atomic E-state index is 0.246. The van der Waals surface area contributed by atoms with Crippen LogP contribution in [0.4, 0.5) is 18.0 Å². The Hall–Kier alpha value is -2.58. The van der Waals surface area contributed by atoms with Crippen LogP contribution in [-0.2, 0) is 18.3 Å². The number of alkyl halides is 3. The van der Waals surface area contributed by atoms with Crippen molar-refractivity contribution in [2.45, 2.75) is 55.7 Å². The Morgan fingerprint density at radius 3 is 2.57 bits per heavy atom. The molecule has 1 heterocycles. The molecule has 2 aliphatic carbocycles. The van der Waals surface area contributed by atoms with Crippen LogP contribution in [0, 0.1) is 5.92 Å². The Bertz CT molecular complexity index is 1070. The van der Waals surface area contributed by atoms with Gasteiger partial charge in [0.1, 0.15) is 5.75 Å². The van der Waals surface area contributed by atoms with Gasteiger partial charge in [0.15, 0.2) is 5.60 Å². The zero-order valence-electron chi connectivity index (χ0n) is 19.6. The summed E-state index contributed by atoms with van der Waals surface area (Å²) in [5.41, 5.74) is -0.0530. The van der Waals surface area contributed by atoms with E-state index in [9.17, 15) is 23.1 Å². The number of nitrogens with one attached hydrogen (secondary N) is 1. The predicted octanol–water partition coefficient (Wildman–Crippen LogP) is 4.61. The van der Waals surface area contributed by atoms with Crippen molar-refractivity contribution in [3.63, 3.8) is 0 Å². The smallest absolute Gasteiger partial charge is 0.410 e. The number of amides is 1. The lowest BCUT2D eigenvalue weighted by Gasteiger charge is -2.53. The van der Waals surface area contributed by atoms with Crippen LogP contribution in [0.3, 0.4) is 0 Å². The van der Waals surface area contributed by atoms with Crippen molar-refractivity contribution >= 4 is 6.09 Å². The molecule has 1 saturated heterocycles. The highest BCUT2D eigenvalue weighted by atomic mass is 19.4. The average Bonchev–Trinajstić information content (AvgIpc) is 2.85. The number of aryl methyl sites for hydroxylation is 1. The van der Waals surface area contributed by atoms with Gasteiger partial charge in [0.2, 0.25) is 0 Å². The fraction of sp³-hybridized carbons (Fsp3) is 0.519. The minimum Gasteiger partial charge on any atom is -0.410 e. The summed E-state index contributed by atoms with van der Waals surface area (Å²) in [5, 5.41) is 13.8. The van der Waals surface area contributed by atoms with Gasteiger partial charge in [-0.2, -0.15) is 13.2 Å². The van der Waals surface area contributed by atoms with Crippen molar-refractivity contribution in [3.05, 3.63) is 65.2 Å². The van der Waals surface area contributed by atoms with Crippen LogP contribution >= 0.6 is 0 Å². The van der Waals surface area contributed by atoms with Crippen LogP contribution in [0.2, 0.25) is 0 Å². The summed E-state index contributed by atoms with van der Waals surface area (Å²) in [5.74, 6) is 0.160. The third-order valence-corrected chi connectivity index (χ3v) is 8.20. The molecule has 1 aliphatic heterocycles. The highest BCUT2D eigenvalue weighted by Gasteiger charge is 2.61. The van der Waals surface area contributed by atoms with Crippen molar-refractivity contribution in [2.24, 2.45) is 5.92 Å². The molecule has 0 bridgehead atoms. The van der Waals surface area contributed by atoms with E-state index in [1.54, 1.807) is 11.0 Å². The number of piperazine rings is 1. The molecule has 5 nitrogen and oxygen atoms in total. The van der Waals surface area contributed by atoms with Crippen molar-refractivity contribution in [1.29, 1.82) is 0 Å². The number of nitrogens with zero attached hydrogens (tertiary/aromatic N) is 1. The third kappa shape index (κ3) is 4.54. The van der Waals surface area contributed by atoms with Crippen molar-refractivity contribution in [3.8, 4) is 5.75 Å². The normalized spacial score (nSPS) is 28.7. The van der Waals surface area contributed by atoms with Gasteiger partial charge in [-0.05, 0) is 73.3 Å². The van der Waals surface area contributed by atoms with Crippen LogP contribution in [0.25, 0.3) is 0 Å². The lowest BCUT2D eigenvalue weighted by atomic mass is 9.52. The number of benzene rings is 2. The molecule has 1 saturated carbocycles. The maximum absolute atomic E-state index is 13.8. The first kappa shape index (κ1) is 24.1. The van der Waals surface area contributed by atoms with E-state index in [0.29, 0.717) is 38.1 Å². The molecule has 0 unspecified atom stereocenters. The Morgan fingerprint density at radius 1 is 1.11 bits per heavy atom. The molecule has 3 atom stereocenters. The molecule has 35 heavy (non-hydrogen) atoms. The highest BCUT2D eigenvalue weighted by molar-refractivity contribution is 5.71. The van der Waals surface area contributed by atoms with Gasteiger partial charge >= 0.3 is 12.3 Å². The molecule has 2 N–H and O–H groups in total. The first-order valence-corrected chi connectivity index (χ1v) is 12.3. The molecule has 188 valence electrons. The summed E-state index contributed by atoms with van der Waals surface area (Å²) in [7, 11) is 0. The first-order chi connectivity index (χ1) is 16.7. The molecular formula is C27H31F3N2O3. The minimum atomic E-state index is -4.64. The van der Waals surface area contributed by atoms with Crippen LogP contribution in [0.1, 0.15) is 42.4 Å². The molecular weight excluding hydrogens is 457 g/mol. The van der Waals surface area contributed by atoms with Gasteiger partial charge in [-0.25, -0.2) is 4.79 Å². The topological polar surface area (TPSA) is 61.8 Å². The van der Waals surface area contributed by atoms with E-state index in [0.717, 1.165) is 29.8 Å². The number of carbonyl (C=O) groups is 1. The standard InChI is InChI=1S/C27H31F3N2O3/c28-27(29,30)26(34)11-10-25(17-19-4-2-1-3-5-19)21(18-26)7-6-20-16-22(8-9-23(20)25)35-24(33)32-14-12-31-13-15-32/h1-5,8-9,16,21,31,34H,6-7,10-15,17-18H2/t21-,25+,26-/m1/s1. The fourth-order valence-electron chi connectivity index (χ4n) is 6.29. The quantitative estimate of drug-likeness (QED) is 0.663. The van der Waals surface area contributed by atoms with Gasteiger partial charge in [-0.15, -0.1) is 0 Å². The largest absolute Gasteiger partial charge is 0.417 e. The number of fused-ring (bicyclic) bond motifs is 3. The van der Waals surface area contributed by atoms with E-state index >= 15 is 0 Å². The summed E-state index contributed by atoms with van der Waals surface area (Å²) in [6.07, 6.45) is -3.64.